The molecule has 0 saturated heterocycles. The van der Waals surface area contributed by atoms with Crippen LogP contribution in [0.5, 0.6) is 11.5 Å². The van der Waals surface area contributed by atoms with Gasteiger partial charge in [-0.05, 0) is 61.4 Å². The molecular formula is C34H24CaN6O12S2. The van der Waals surface area contributed by atoms with Crippen LogP contribution in [0.2, 0.25) is 0 Å². The van der Waals surface area contributed by atoms with Crippen molar-refractivity contribution in [3.63, 3.8) is 0 Å². The fourth-order valence-corrected chi connectivity index (χ4v) is 6.48. The Balaban J connectivity index is 0.000000240. The summed E-state index contributed by atoms with van der Waals surface area (Å²) in [5.74, 6) is -0.565. The molecule has 0 atom stereocenters. The van der Waals surface area contributed by atoms with Gasteiger partial charge in [-0.25, -0.2) is 16.8 Å². The van der Waals surface area contributed by atoms with E-state index in [0.717, 1.165) is 12.1 Å². The molecule has 276 valence electrons. The monoisotopic (exact) mass is 812 g/mol. The van der Waals surface area contributed by atoms with E-state index < -0.39 is 39.9 Å². The van der Waals surface area contributed by atoms with Gasteiger partial charge < -0.3 is 19.3 Å². The van der Waals surface area contributed by atoms with Gasteiger partial charge in [0.2, 0.25) is 0 Å². The number of phenols is 2. The van der Waals surface area contributed by atoms with E-state index in [1.165, 1.54) is 84.9 Å². The number of rotatable bonds is 8. The minimum atomic E-state index is -4.73. The molecule has 6 aromatic carbocycles. The molecule has 18 nitrogen and oxygen atoms in total. The molecule has 0 saturated carbocycles. The van der Waals surface area contributed by atoms with E-state index in [2.05, 4.69) is 20.5 Å². The molecule has 0 spiro atoms. The Morgan fingerprint density at radius 1 is 0.527 bits per heavy atom. The summed E-state index contributed by atoms with van der Waals surface area (Å²) in [6.07, 6.45) is 0. The maximum atomic E-state index is 11.4. The summed E-state index contributed by atoms with van der Waals surface area (Å²) in [5, 5.41) is 58.4. The van der Waals surface area contributed by atoms with Crippen molar-refractivity contribution in [1.82, 2.24) is 0 Å². The molecule has 0 aliphatic rings. The van der Waals surface area contributed by atoms with Crippen molar-refractivity contribution in [2.75, 3.05) is 0 Å². The number of benzene rings is 6. The summed E-state index contributed by atoms with van der Waals surface area (Å²) in [7, 11) is -9.45. The molecule has 0 bridgehead atoms. The van der Waals surface area contributed by atoms with Crippen molar-refractivity contribution in [1.29, 1.82) is 0 Å². The normalized spacial score (nSPS) is 11.7. The minimum Gasteiger partial charge on any atom is -0.744 e. The second-order valence-corrected chi connectivity index (χ2v) is 14.0. The number of non-ortho nitro benzene ring substituents is 2. The molecule has 0 amide bonds. The van der Waals surface area contributed by atoms with E-state index in [1.807, 2.05) is 0 Å². The van der Waals surface area contributed by atoms with Gasteiger partial charge in [-0.1, -0.05) is 36.4 Å². The Morgan fingerprint density at radius 2 is 0.891 bits per heavy atom. The topological polar surface area (TPSA) is 291 Å². The zero-order chi connectivity index (χ0) is 39.5. The zero-order valence-electron chi connectivity index (χ0n) is 28.4. The molecule has 6 aromatic rings. The van der Waals surface area contributed by atoms with Crippen LogP contribution in [0, 0.1) is 34.1 Å². The Labute approximate surface area is 341 Å². The van der Waals surface area contributed by atoms with Crippen LogP contribution in [0.1, 0.15) is 11.1 Å². The number of aryl methyl sites for hydroxylation is 2. The van der Waals surface area contributed by atoms with Crippen LogP contribution >= 0.6 is 0 Å². The Morgan fingerprint density at radius 3 is 1.22 bits per heavy atom. The molecule has 0 aromatic heterocycles. The van der Waals surface area contributed by atoms with Crippen molar-refractivity contribution >= 4 is 114 Å². The summed E-state index contributed by atoms with van der Waals surface area (Å²) in [6.45, 7) is 3.37. The van der Waals surface area contributed by atoms with Gasteiger partial charge in [0.25, 0.3) is 11.4 Å². The van der Waals surface area contributed by atoms with Gasteiger partial charge in [-0.15, -0.1) is 20.5 Å². The minimum absolute atomic E-state index is 0. The van der Waals surface area contributed by atoms with Crippen LogP contribution in [-0.2, 0) is 20.2 Å². The largest absolute Gasteiger partial charge is 2.00 e. The molecule has 2 N–H and O–H groups in total. The van der Waals surface area contributed by atoms with Crippen molar-refractivity contribution < 1.29 is 46.0 Å². The van der Waals surface area contributed by atoms with Crippen LogP contribution < -0.4 is 0 Å². The van der Waals surface area contributed by atoms with E-state index in [4.69, 9.17) is 0 Å². The van der Waals surface area contributed by atoms with Gasteiger partial charge in [0.1, 0.15) is 43.1 Å². The standard InChI is InChI=1S/2C17H13N3O6S.Ca/c2*1-10-5-6-11(20(22)23)9-14(10)18-19-17-13-3-2-4-16(27(24,25)26)12(13)7-8-15(17)21;/h2*2-9,21H,1H3,(H,24,25,26);/q;;+2/p-2. The molecule has 0 fully saturated rings. The molecule has 0 heterocycles. The summed E-state index contributed by atoms with van der Waals surface area (Å²) >= 11 is 0. The molecule has 0 aliphatic carbocycles. The molecule has 0 aliphatic heterocycles. The van der Waals surface area contributed by atoms with E-state index in [-0.39, 0.29) is 105 Å². The average Bonchev–Trinajstić information content (AvgIpc) is 3.10. The first-order chi connectivity index (χ1) is 25.4. The van der Waals surface area contributed by atoms with E-state index >= 15 is 0 Å². The number of fused-ring (bicyclic) bond motifs is 2. The summed E-state index contributed by atoms with van der Waals surface area (Å²) in [6, 6.07) is 21.1. The van der Waals surface area contributed by atoms with Gasteiger partial charge in [0.05, 0.1) is 31.0 Å². The third kappa shape index (κ3) is 9.61. The van der Waals surface area contributed by atoms with Gasteiger partial charge >= 0.3 is 37.7 Å². The first-order valence-electron chi connectivity index (χ1n) is 15.1. The first-order valence-corrected chi connectivity index (χ1v) is 17.9. The number of aromatic hydroxyl groups is 2. The fourth-order valence-electron chi connectivity index (χ4n) is 5.10. The number of phenolic OH excluding ortho intramolecular Hbond substituents is 2. The van der Waals surface area contributed by atoms with E-state index in [0.29, 0.717) is 11.1 Å². The van der Waals surface area contributed by atoms with E-state index in [9.17, 15) is 56.4 Å². The van der Waals surface area contributed by atoms with Crippen LogP contribution in [0.4, 0.5) is 34.1 Å². The molecule has 0 radical (unpaired) electrons. The maximum Gasteiger partial charge on any atom is 2.00 e. The van der Waals surface area contributed by atoms with Gasteiger partial charge in [-0.3, -0.25) is 20.2 Å². The Bertz CT molecular complexity index is 2610. The number of nitro benzene ring substituents is 2. The average molecular weight is 813 g/mol. The number of azo groups is 2. The van der Waals surface area contributed by atoms with Gasteiger partial charge in [0, 0.05) is 45.8 Å². The van der Waals surface area contributed by atoms with Crippen LogP contribution in [-0.4, -0.2) is 83.7 Å². The summed E-state index contributed by atoms with van der Waals surface area (Å²) in [5.41, 5.74) is 1.22. The van der Waals surface area contributed by atoms with E-state index in [1.54, 1.807) is 13.8 Å². The predicted octanol–water partition coefficient (Wildman–Crippen LogP) is 7.78. The van der Waals surface area contributed by atoms with Gasteiger partial charge in [-0.2, -0.15) is 0 Å². The van der Waals surface area contributed by atoms with Crippen LogP contribution in [0.3, 0.4) is 0 Å². The van der Waals surface area contributed by atoms with Crippen molar-refractivity contribution in [3.8, 4) is 11.5 Å². The van der Waals surface area contributed by atoms with Crippen LogP contribution in [0.25, 0.3) is 21.5 Å². The van der Waals surface area contributed by atoms with Crippen molar-refractivity contribution in [2.45, 2.75) is 23.6 Å². The first kappa shape index (κ1) is 42.3. The number of nitrogens with zero attached hydrogens (tertiary/aromatic N) is 6. The molecule has 0 unspecified atom stereocenters. The molecular weight excluding hydrogens is 789 g/mol. The SMILES string of the molecule is Cc1ccc([N+](=O)[O-])cc1N=Nc1c(O)ccc2c(S(=O)(=O)[O-])cccc12.Cc1ccc([N+](=O)[O-])cc1N=Nc1c(O)ccc2c(S(=O)(=O)[O-])cccc12.[Ca+2]. The van der Waals surface area contributed by atoms with Gasteiger partial charge in [0.15, 0.2) is 0 Å². The Hall–Kier alpha value is -5.48. The second kappa shape index (κ2) is 16.9. The third-order valence-electron chi connectivity index (χ3n) is 7.80. The predicted molar refractivity (Wildman–Crippen MR) is 197 cm³/mol. The molecule has 55 heavy (non-hydrogen) atoms. The van der Waals surface area contributed by atoms with Crippen molar-refractivity contribution in [2.24, 2.45) is 20.5 Å². The quantitative estimate of drug-likeness (QED) is 0.0489. The fraction of sp³-hybridized carbons (Fsp3) is 0.0588. The second-order valence-electron chi connectivity index (χ2n) is 11.3. The maximum absolute atomic E-state index is 11.4. The summed E-state index contributed by atoms with van der Waals surface area (Å²) in [4.78, 5) is 19.8. The third-order valence-corrected chi connectivity index (χ3v) is 9.59. The van der Waals surface area contributed by atoms with Crippen LogP contribution in [0.15, 0.2) is 127 Å². The zero-order valence-corrected chi connectivity index (χ0v) is 32.3. The van der Waals surface area contributed by atoms with Crippen molar-refractivity contribution in [3.05, 3.63) is 128 Å². The number of nitro groups is 2. The smallest absolute Gasteiger partial charge is 0.744 e. The molecule has 21 heteroatoms. The summed E-state index contributed by atoms with van der Waals surface area (Å²) < 4.78 is 68.6. The Kier molecular flexibility index (Phi) is 13.0. The molecule has 6 rings (SSSR count). The number of hydrogen-bond donors (Lipinski definition) is 2. The number of hydrogen-bond acceptors (Lipinski definition) is 16.